The van der Waals surface area contributed by atoms with Crippen LogP contribution in [0.4, 0.5) is 4.79 Å². The molecule has 0 aromatic carbocycles. The molecular weight excluding hydrogens is 232 g/mol. The molecule has 1 saturated carbocycles. The van der Waals surface area contributed by atoms with Crippen molar-refractivity contribution < 1.29 is 14.7 Å². The van der Waals surface area contributed by atoms with Crippen LogP contribution >= 0.6 is 0 Å². The summed E-state index contributed by atoms with van der Waals surface area (Å²) in [5.74, 6) is -0.291. The van der Waals surface area contributed by atoms with Crippen molar-refractivity contribution >= 4 is 12.0 Å². The number of carboxylic acid groups (broad SMARTS) is 1. The van der Waals surface area contributed by atoms with E-state index in [0.29, 0.717) is 12.3 Å². The number of carbonyl (C=O) groups is 2. The minimum Gasteiger partial charge on any atom is -0.481 e. The highest BCUT2D eigenvalue weighted by Gasteiger charge is 2.25. The van der Waals surface area contributed by atoms with Gasteiger partial charge in [-0.1, -0.05) is 19.8 Å². The summed E-state index contributed by atoms with van der Waals surface area (Å²) >= 11 is 0. The van der Waals surface area contributed by atoms with Gasteiger partial charge in [0.2, 0.25) is 0 Å². The van der Waals surface area contributed by atoms with Crippen molar-refractivity contribution in [2.45, 2.75) is 64.5 Å². The molecule has 3 N–H and O–H groups in total. The molecule has 1 rings (SSSR count). The first-order valence-electron chi connectivity index (χ1n) is 6.81. The highest BCUT2D eigenvalue weighted by atomic mass is 16.4. The molecule has 18 heavy (non-hydrogen) atoms. The number of hydrogen-bond acceptors (Lipinski definition) is 2. The van der Waals surface area contributed by atoms with E-state index in [1.165, 1.54) is 19.3 Å². The molecule has 1 aliphatic carbocycles. The van der Waals surface area contributed by atoms with Crippen LogP contribution in [0.15, 0.2) is 0 Å². The number of carbonyl (C=O) groups excluding carboxylic acids is 1. The summed E-state index contributed by atoms with van der Waals surface area (Å²) in [6, 6.07) is -0.346. The summed E-state index contributed by atoms with van der Waals surface area (Å²) in [6.45, 7) is 3.99. The van der Waals surface area contributed by atoms with Gasteiger partial charge in [-0.3, -0.25) is 4.79 Å². The van der Waals surface area contributed by atoms with Crippen LogP contribution in [0.25, 0.3) is 0 Å². The van der Waals surface area contributed by atoms with E-state index in [2.05, 4.69) is 10.6 Å². The van der Waals surface area contributed by atoms with E-state index >= 15 is 0 Å². The van der Waals surface area contributed by atoms with Gasteiger partial charge in [-0.2, -0.15) is 0 Å². The molecule has 1 aliphatic rings. The van der Waals surface area contributed by atoms with Gasteiger partial charge in [0.15, 0.2) is 0 Å². The topological polar surface area (TPSA) is 78.4 Å². The molecule has 0 aliphatic heterocycles. The first-order valence-corrected chi connectivity index (χ1v) is 6.81. The highest BCUT2D eigenvalue weighted by Crippen LogP contribution is 2.29. The summed E-state index contributed by atoms with van der Waals surface area (Å²) in [7, 11) is 0. The molecule has 0 spiro atoms. The van der Waals surface area contributed by atoms with Crippen LogP contribution in [0.3, 0.4) is 0 Å². The van der Waals surface area contributed by atoms with Crippen LogP contribution in [0.2, 0.25) is 0 Å². The van der Waals surface area contributed by atoms with E-state index in [0.717, 1.165) is 6.42 Å². The van der Waals surface area contributed by atoms with Crippen molar-refractivity contribution in [3.05, 3.63) is 0 Å². The first-order chi connectivity index (χ1) is 8.52. The number of aliphatic carboxylic acids is 1. The Kier molecular flexibility index (Phi) is 5.95. The lowest BCUT2D eigenvalue weighted by atomic mass is 9.80. The largest absolute Gasteiger partial charge is 0.481 e. The fourth-order valence-corrected chi connectivity index (χ4v) is 2.28. The maximum absolute atomic E-state index is 11.7. The van der Waals surface area contributed by atoms with Crippen LogP contribution in [-0.2, 0) is 4.79 Å². The predicted octanol–water partition coefficient (Wildman–Crippen LogP) is 2.12. The maximum Gasteiger partial charge on any atom is 0.315 e. The molecular formula is C13H24N2O3. The van der Waals surface area contributed by atoms with Gasteiger partial charge in [-0.15, -0.1) is 0 Å². The van der Waals surface area contributed by atoms with Gasteiger partial charge < -0.3 is 15.7 Å². The van der Waals surface area contributed by atoms with Gasteiger partial charge in [0.05, 0.1) is 6.42 Å². The van der Waals surface area contributed by atoms with E-state index in [1.807, 2.05) is 13.8 Å². The van der Waals surface area contributed by atoms with Crippen LogP contribution in [0, 0.1) is 5.92 Å². The molecule has 0 aromatic heterocycles. The normalized spacial score (nSPS) is 18.6. The number of amides is 2. The molecule has 2 atom stereocenters. The van der Waals surface area contributed by atoms with Crippen molar-refractivity contribution in [2.24, 2.45) is 5.92 Å². The predicted molar refractivity (Wildman–Crippen MR) is 69.4 cm³/mol. The highest BCUT2D eigenvalue weighted by molar-refractivity contribution is 5.76. The van der Waals surface area contributed by atoms with Crippen LogP contribution in [0.5, 0.6) is 0 Å². The smallest absolute Gasteiger partial charge is 0.315 e. The number of carboxylic acids is 1. The summed E-state index contributed by atoms with van der Waals surface area (Å²) in [5.41, 5.74) is 0. The third kappa shape index (κ3) is 4.94. The molecule has 104 valence electrons. The minimum atomic E-state index is -0.874. The van der Waals surface area contributed by atoms with Crippen LogP contribution < -0.4 is 10.6 Å². The summed E-state index contributed by atoms with van der Waals surface area (Å²) in [6.07, 6.45) is 5.13. The lowest BCUT2D eigenvalue weighted by Crippen LogP contribution is -2.49. The van der Waals surface area contributed by atoms with E-state index in [9.17, 15) is 9.59 Å². The van der Waals surface area contributed by atoms with Gasteiger partial charge in [0, 0.05) is 12.1 Å². The van der Waals surface area contributed by atoms with Crippen molar-refractivity contribution in [2.75, 3.05) is 0 Å². The number of urea groups is 1. The second-order valence-corrected chi connectivity index (χ2v) is 5.18. The average Bonchev–Trinajstić information content (AvgIpc) is 2.12. The zero-order chi connectivity index (χ0) is 13.5. The summed E-state index contributed by atoms with van der Waals surface area (Å²) in [4.78, 5) is 22.4. The fraction of sp³-hybridized carbons (Fsp3) is 0.846. The molecule has 5 nitrogen and oxygen atoms in total. The Morgan fingerprint density at radius 2 is 2.00 bits per heavy atom. The number of nitrogens with one attached hydrogen (secondary N) is 2. The lowest BCUT2D eigenvalue weighted by Gasteiger charge is -2.32. The molecule has 0 heterocycles. The Labute approximate surface area is 108 Å². The molecule has 5 heteroatoms. The van der Waals surface area contributed by atoms with Gasteiger partial charge >= 0.3 is 12.0 Å². The monoisotopic (exact) mass is 256 g/mol. The van der Waals surface area contributed by atoms with E-state index in [4.69, 9.17) is 5.11 Å². The van der Waals surface area contributed by atoms with Crippen molar-refractivity contribution in [1.82, 2.24) is 10.6 Å². The van der Waals surface area contributed by atoms with E-state index in [1.54, 1.807) is 0 Å². The third-order valence-electron chi connectivity index (χ3n) is 3.61. The zero-order valence-electron chi connectivity index (χ0n) is 11.2. The lowest BCUT2D eigenvalue weighted by molar-refractivity contribution is -0.137. The molecule has 1 fully saturated rings. The Morgan fingerprint density at radius 1 is 1.33 bits per heavy atom. The Morgan fingerprint density at radius 3 is 2.44 bits per heavy atom. The number of rotatable bonds is 7. The van der Waals surface area contributed by atoms with Crippen molar-refractivity contribution in [3.63, 3.8) is 0 Å². The Balaban J connectivity index is 2.32. The van der Waals surface area contributed by atoms with E-state index < -0.39 is 5.97 Å². The zero-order valence-corrected chi connectivity index (χ0v) is 11.2. The molecule has 0 saturated heterocycles. The standard InChI is InChI=1S/C13H24N2O3/c1-3-5-11(8-12(16)17)15-13(18)14-9(2)10-6-4-7-10/h9-11H,3-8H2,1-2H3,(H,16,17)(H2,14,15,18). The second-order valence-electron chi connectivity index (χ2n) is 5.18. The molecule has 0 aromatic rings. The molecule has 0 bridgehead atoms. The summed E-state index contributed by atoms with van der Waals surface area (Å²) < 4.78 is 0. The Hall–Kier alpha value is -1.26. The third-order valence-corrected chi connectivity index (χ3v) is 3.61. The number of hydrogen-bond donors (Lipinski definition) is 3. The fourth-order valence-electron chi connectivity index (χ4n) is 2.28. The molecule has 2 amide bonds. The Bertz CT molecular complexity index is 290. The molecule has 2 unspecified atom stereocenters. The average molecular weight is 256 g/mol. The van der Waals surface area contributed by atoms with Crippen molar-refractivity contribution in [1.29, 1.82) is 0 Å². The maximum atomic E-state index is 11.7. The van der Waals surface area contributed by atoms with Gasteiger partial charge in [0.1, 0.15) is 0 Å². The molecule has 0 radical (unpaired) electrons. The second kappa shape index (κ2) is 7.24. The quantitative estimate of drug-likeness (QED) is 0.653. The van der Waals surface area contributed by atoms with Gasteiger partial charge in [-0.25, -0.2) is 4.79 Å². The minimum absolute atomic E-state index is 0.0148. The van der Waals surface area contributed by atoms with E-state index in [-0.39, 0.29) is 24.5 Å². The van der Waals surface area contributed by atoms with Crippen LogP contribution in [-0.4, -0.2) is 29.2 Å². The SMILES string of the molecule is CCCC(CC(=O)O)NC(=O)NC(C)C1CCC1. The first kappa shape index (κ1) is 14.8. The summed E-state index contributed by atoms with van der Waals surface area (Å²) in [5, 5.41) is 14.4. The van der Waals surface area contributed by atoms with Gasteiger partial charge in [0.25, 0.3) is 0 Å². The van der Waals surface area contributed by atoms with Crippen LogP contribution in [0.1, 0.15) is 52.4 Å². The van der Waals surface area contributed by atoms with Gasteiger partial charge in [-0.05, 0) is 32.1 Å². The van der Waals surface area contributed by atoms with Crippen molar-refractivity contribution in [3.8, 4) is 0 Å².